The summed E-state index contributed by atoms with van der Waals surface area (Å²) in [6.07, 6.45) is 0.887. The number of Topliss-reactive ketones (excluding diaryl/α,β-unsaturated/α-hetero) is 2. The van der Waals surface area contributed by atoms with E-state index in [1.807, 2.05) is 43.3 Å². The fraction of sp³-hybridized carbons (Fsp3) is 0.356. The van der Waals surface area contributed by atoms with Gasteiger partial charge in [0.2, 0.25) is 0 Å². The van der Waals surface area contributed by atoms with Crippen LogP contribution in [-0.4, -0.2) is 145 Å². The molecule has 0 amide bonds. The van der Waals surface area contributed by atoms with Crippen LogP contribution in [-0.2, 0) is 112 Å². The lowest BCUT2D eigenvalue weighted by atomic mass is 9.86. The van der Waals surface area contributed by atoms with Gasteiger partial charge in [-0.15, -0.1) is 23.5 Å². The fourth-order valence-corrected chi connectivity index (χ4v) is 16.9. The van der Waals surface area contributed by atoms with E-state index in [0.717, 1.165) is 86.6 Å². The van der Waals surface area contributed by atoms with Gasteiger partial charge in [-0.2, -0.15) is 0 Å². The highest BCUT2D eigenvalue weighted by Crippen LogP contribution is 2.40. The number of thioether (sulfide) groups is 7. The van der Waals surface area contributed by atoms with E-state index in [-0.39, 0.29) is 72.2 Å². The van der Waals surface area contributed by atoms with Gasteiger partial charge in [0.25, 0.3) is 0 Å². The molecule has 662 valence electrons. The predicted molar refractivity (Wildman–Crippen MR) is 485 cm³/mol. The fourth-order valence-electron chi connectivity index (χ4n) is 9.46. The molecule has 0 aliphatic rings. The summed E-state index contributed by atoms with van der Waals surface area (Å²) in [6.45, 7) is 18.4. The molecule has 0 radical (unpaired) electrons. The first-order valence-corrected chi connectivity index (χ1v) is 44.3. The van der Waals surface area contributed by atoms with Gasteiger partial charge in [0.1, 0.15) is 60.0 Å². The second kappa shape index (κ2) is 59.7. The quantitative estimate of drug-likeness (QED) is 0.0352. The lowest BCUT2D eigenvalue weighted by molar-refractivity contribution is -0.141. The van der Waals surface area contributed by atoms with Crippen molar-refractivity contribution in [2.45, 2.75) is 138 Å². The molecular formula is C87H98Cl4F2O22S7. The first-order valence-electron chi connectivity index (χ1n) is 36.3. The maximum absolute atomic E-state index is 13.0. The van der Waals surface area contributed by atoms with Crippen LogP contribution in [0.4, 0.5) is 8.78 Å². The van der Waals surface area contributed by atoms with Gasteiger partial charge in [-0.25, -0.2) is 8.78 Å². The third-order valence-corrected chi connectivity index (χ3v) is 24.5. The Hall–Kier alpha value is -8.05. The highest BCUT2D eigenvalue weighted by molar-refractivity contribution is 8.15. The molecule has 0 spiro atoms. The van der Waals surface area contributed by atoms with Crippen LogP contribution in [0.15, 0.2) is 158 Å². The number of carbonyl (C=O) groups excluding carboxylic acids is 14. The molecule has 7 rings (SSSR count). The molecule has 7 aromatic carbocycles. The minimum Gasteiger partial charge on any atom is -0.468 e. The molecule has 1 N–H and O–H groups in total. The number of carbonyl (C=O) groups is 14. The van der Waals surface area contributed by atoms with Gasteiger partial charge in [-0.3, -0.25) is 67.1 Å². The molecule has 7 aromatic rings. The zero-order chi connectivity index (χ0) is 92.7. The van der Waals surface area contributed by atoms with Crippen LogP contribution in [0.5, 0.6) is 0 Å². The lowest BCUT2D eigenvalue weighted by Crippen LogP contribution is -2.14. The number of hydrogen-bond donors (Lipinski definition) is 1. The number of aliphatic hydroxyl groups excluding tert-OH is 1. The average molecular weight is 1900 g/mol. The number of aryl methyl sites for hydroxylation is 1. The summed E-state index contributed by atoms with van der Waals surface area (Å²) < 4.78 is 58.5. The van der Waals surface area contributed by atoms with Crippen molar-refractivity contribution in [3.05, 3.63) is 245 Å². The Bertz CT molecular complexity index is 4540. The van der Waals surface area contributed by atoms with E-state index in [0.29, 0.717) is 66.7 Å². The molecule has 22 nitrogen and oxygen atoms in total. The summed E-state index contributed by atoms with van der Waals surface area (Å²) in [5.41, 5.74) is 7.78. The summed E-state index contributed by atoms with van der Waals surface area (Å²) in [5, 5.41) is 5.30. The highest BCUT2D eigenvalue weighted by atomic mass is 35.5. The Morgan fingerprint density at radius 2 is 0.672 bits per heavy atom. The minimum absolute atomic E-state index is 0.0526. The number of hydrogen-bond acceptors (Lipinski definition) is 29. The summed E-state index contributed by atoms with van der Waals surface area (Å²) in [5.74, 6) is -2.54. The van der Waals surface area contributed by atoms with E-state index in [2.05, 4.69) is 56.6 Å². The number of rotatable bonds is 28. The second-order valence-electron chi connectivity index (χ2n) is 26.1. The number of benzene rings is 7. The van der Waals surface area contributed by atoms with Gasteiger partial charge < -0.3 is 38.3 Å². The SMILES string of the molecule is COC(=O)C(SC(C)=O)c1ccc(C)cc1.COC(=O)C(SC(C)=O)c1ccc(CO)cc1.COC(=O)C(SC(C)=O)c1ccc(Cl)cc1Cl.COC(=O)C(SC(C)=O)c1ccc(F)cc1.COC(=O)C(SC(C)=O)c1cccc(F)c1.COC(=O)C(SCCC(C)=O)c1ccc(C(C)(C)C)cc1.COC(=O)C(SCCC(C)=O)c1ccc(Cl)c(Cl)c1. The number of methoxy groups -OCH3 is 7. The topological polar surface area (TPSA) is 324 Å². The van der Waals surface area contributed by atoms with Crippen LogP contribution in [0, 0.1) is 18.6 Å². The Balaban J connectivity index is 0.000000713. The first kappa shape index (κ1) is 112. The second-order valence-corrected chi connectivity index (χ2v) is 36.6. The Morgan fingerprint density at radius 1 is 0.352 bits per heavy atom. The van der Waals surface area contributed by atoms with Crippen molar-refractivity contribution in [3.8, 4) is 0 Å². The zero-order valence-corrected chi connectivity index (χ0v) is 79.0. The van der Waals surface area contributed by atoms with Gasteiger partial charge in [0.15, 0.2) is 25.6 Å². The summed E-state index contributed by atoms with van der Waals surface area (Å²) in [4.78, 5) is 159. The molecule has 0 aliphatic carbocycles. The van der Waals surface area contributed by atoms with Crippen molar-refractivity contribution in [2.24, 2.45) is 0 Å². The smallest absolute Gasteiger partial charge is 0.323 e. The summed E-state index contributed by atoms with van der Waals surface area (Å²) in [7, 11) is 9.08. The van der Waals surface area contributed by atoms with Crippen molar-refractivity contribution >= 4 is 208 Å². The van der Waals surface area contributed by atoms with Crippen LogP contribution in [0.3, 0.4) is 0 Å². The van der Waals surface area contributed by atoms with Crippen LogP contribution >= 0.6 is 129 Å². The van der Waals surface area contributed by atoms with E-state index < -0.39 is 67.2 Å². The van der Waals surface area contributed by atoms with Crippen LogP contribution < -0.4 is 0 Å². The predicted octanol–water partition coefficient (Wildman–Crippen LogP) is 20.1. The lowest BCUT2D eigenvalue weighted by Gasteiger charge is -2.20. The molecule has 0 aliphatic heterocycles. The standard InChI is InChI=1S/C17H24O3S.C13H14Cl2O3S.C12H14O4S.C12H14O3S.C11H10Cl2O3S.2C11H11FO3S/c1-12(18)10-11-21-15(16(19)20-5)13-6-8-14(9-7-13)17(2,3)4;1-8(16)5-6-19-12(13(17)18-2)9-3-4-10(14)11(15)7-9;1-8(14)17-11(12(15)16-2)10-5-3-9(7-13)4-6-10;1-8-4-6-10(7-5-8)11(12(14)15-3)16-9(2)13;1-6(14)17-10(11(15)16-2)8-4-3-7(12)5-9(8)13;1-7(13)16-10(11(14)15-2)8-3-5-9(12)6-4-8;1-7(13)16-10(11(14)15-2)8-4-3-5-9(12)6-8/h6-9,15H,10-11H2,1-5H3;3-4,7,12H,5-6H2,1-2H3;3-6,11,13H,7H2,1-2H3;4-7,11H,1-3H3;3-5,10H,1-2H3;2*3-6,10H,1-2H3. The molecule has 0 aromatic heterocycles. The number of aliphatic hydroxyl groups is 1. The van der Waals surface area contributed by atoms with E-state index >= 15 is 0 Å². The number of ketones is 2. The van der Waals surface area contributed by atoms with Crippen molar-refractivity contribution in [2.75, 3.05) is 61.3 Å². The molecule has 0 heterocycles. The largest absolute Gasteiger partial charge is 0.468 e. The molecule has 35 heteroatoms. The Kier molecular flexibility index (Phi) is 54.8. The molecule has 122 heavy (non-hydrogen) atoms. The van der Waals surface area contributed by atoms with E-state index in [4.69, 9.17) is 61.0 Å². The third kappa shape index (κ3) is 43.5. The summed E-state index contributed by atoms with van der Waals surface area (Å²) in [6, 6.07) is 43.1. The van der Waals surface area contributed by atoms with Gasteiger partial charge >= 0.3 is 41.8 Å². The number of esters is 7. The zero-order valence-electron chi connectivity index (χ0n) is 70.2. The van der Waals surface area contributed by atoms with E-state index in [9.17, 15) is 75.9 Å². The first-order chi connectivity index (χ1) is 57.4. The Morgan fingerprint density at radius 3 is 1.02 bits per heavy atom. The molecule has 0 fully saturated rings. The minimum atomic E-state index is -0.807. The average Bonchev–Trinajstić information content (AvgIpc) is 0.823. The van der Waals surface area contributed by atoms with Crippen LogP contribution in [0.2, 0.25) is 20.1 Å². The molecular weight excluding hydrogens is 1800 g/mol. The summed E-state index contributed by atoms with van der Waals surface area (Å²) >= 11 is 30.8. The van der Waals surface area contributed by atoms with Crippen molar-refractivity contribution in [1.82, 2.24) is 0 Å². The number of halogens is 6. The molecule has 7 unspecified atom stereocenters. The maximum Gasteiger partial charge on any atom is 0.323 e. The van der Waals surface area contributed by atoms with Gasteiger partial charge in [0.05, 0.1) is 66.4 Å². The molecule has 0 saturated carbocycles. The van der Waals surface area contributed by atoms with E-state index in [1.54, 1.807) is 67.6 Å². The molecule has 7 atom stereocenters. The Labute approximate surface area is 759 Å². The van der Waals surface area contributed by atoms with Gasteiger partial charge in [-0.1, -0.05) is 241 Å². The van der Waals surface area contributed by atoms with Crippen LogP contribution in [0.1, 0.15) is 174 Å². The van der Waals surface area contributed by atoms with E-state index in [1.165, 1.54) is 169 Å². The van der Waals surface area contributed by atoms with Crippen molar-refractivity contribution < 1.29 is 114 Å². The molecule has 0 saturated heterocycles. The van der Waals surface area contributed by atoms with Gasteiger partial charge in [0, 0.05) is 69.0 Å². The monoisotopic (exact) mass is 1900 g/mol. The van der Waals surface area contributed by atoms with Gasteiger partial charge in [-0.05, 0) is 125 Å². The maximum atomic E-state index is 13.0. The molecule has 0 bridgehead atoms. The normalized spacial score (nSPS) is 12.1. The number of ether oxygens (including phenoxy) is 7. The highest BCUT2D eigenvalue weighted by Gasteiger charge is 2.31. The third-order valence-electron chi connectivity index (χ3n) is 15.5. The van der Waals surface area contributed by atoms with Crippen molar-refractivity contribution in [1.29, 1.82) is 0 Å². The van der Waals surface area contributed by atoms with Crippen molar-refractivity contribution in [3.63, 3.8) is 0 Å². The van der Waals surface area contributed by atoms with Crippen LogP contribution in [0.25, 0.3) is 0 Å².